The first-order valence-corrected chi connectivity index (χ1v) is 9.60. The minimum Gasteiger partial charge on any atom is -0.487 e. The first kappa shape index (κ1) is 22.8. The van der Waals surface area contributed by atoms with Crippen molar-refractivity contribution in [3.8, 4) is 11.5 Å². The Morgan fingerprint density at radius 2 is 1.17 bits per heavy atom. The van der Waals surface area contributed by atoms with E-state index in [0.29, 0.717) is 24.0 Å². The van der Waals surface area contributed by atoms with Gasteiger partial charge in [0.25, 0.3) is 0 Å². The maximum atomic E-state index is 13.3. The summed E-state index contributed by atoms with van der Waals surface area (Å²) < 4.78 is 11.1. The van der Waals surface area contributed by atoms with Crippen molar-refractivity contribution in [2.24, 2.45) is 0 Å². The molecule has 160 valence electrons. The molecule has 0 N–H and O–H groups in total. The van der Waals surface area contributed by atoms with E-state index in [9.17, 15) is 25.0 Å². The number of rotatable bonds is 10. The molecule has 9 nitrogen and oxygen atoms in total. The Labute approximate surface area is 173 Å². The highest BCUT2D eigenvalue weighted by molar-refractivity contribution is 6.15. The van der Waals surface area contributed by atoms with Gasteiger partial charge in [-0.2, -0.15) is 0 Å². The minimum atomic E-state index is -0.837. The fraction of sp³-hybridized carbons (Fsp3) is 0.381. The highest BCUT2D eigenvalue weighted by Gasteiger charge is 2.34. The van der Waals surface area contributed by atoms with Gasteiger partial charge in [-0.15, -0.1) is 0 Å². The molecule has 0 unspecified atom stereocenters. The van der Waals surface area contributed by atoms with Gasteiger partial charge in [-0.3, -0.25) is 25.0 Å². The number of ether oxygens (including phenoxy) is 2. The molecule has 0 spiro atoms. The zero-order valence-corrected chi connectivity index (χ0v) is 17.4. The quantitative estimate of drug-likeness (QED) is 0.306. The summed E-state index contributed by atoms with van der Waals surface area (Å²) in [5.41, 5.74) is -0.553. The summed E-state index contributed by atoms with van der Waals surface area (Å²) >= 11 is 0. The lowest BCUT2D eigenvalue weighted by molar-refractivity contribution is -0.386. The predicted molar refractivity (Wildman–Crippen MR) is 111 cm³/mol. The average molecular weight is 416 g/mol. The van der Waals surface area contributed by atoms with Crippen LogP contribution >= 0.6 is 0 Å². The van der Waals surface area contributed by atoms with E-state index in [-0.39, 0.29) is 35.8 Å². The second-order valence-electron chi connectivity index (χ2n) is 6.76. The van der Waals surface area contributed by atoms with Crippen molar-refractivity contribution in [2.45, 2.75) is 40.5 Å². The van der Waals surface area contributed by atoms with E-state index in [4.69, 9.17) is 9.47 Å². The number of benzene rings is 2. The van der Waals surface area contributed by atoms with Gasteiger partial charge in [0.05, 0.1) is 23.1 Å². The van der Waals surface area contributed by atoms with E-state index in [0.717, 1.165) is 0 Å². The predicted octanol–water partition coefficient (Wildman–Crippen LogP) is 4.93. The first-order chi connectivity index (χ1) is 14.2. The molecule has 2 rings (SSSR count). The van der Waals surface area contributed by atoms with Gasteiger partial charge in [-0.05, 0) is 49.9 Å². The number of nitro benzene ring substituents is 2. The van der Waals surface area contributed by atoms with Crippen LogP contribution in [0.3, 0.4) is 0 Å². The van der Waals surface area contributed by atoms with Crippen molar-refractivity contribution >= 4 is 17.2 Å². The molecule has 0 aromatic heterocycles. The molecular weight excluding hydrogens is 392 g/mol. The molecular formula is C21H24N2O7. The van der Waals surface area contributed by atoms with Gasteiger partial charge in [-0.1, -0.05) is 26.0 Å². The number of nitro groups is 2. The lowest BCUT2D eigenvalue weighted by atomic mass is 9.96. The number of ketones is 1. The summed E-state index contributed by atoms with van der Waals surface area (Å²) in [7, 11) is 0. The molecule has 0 aliphatic carbocycles. The van der Waals surface area contributed by atoms with E-state index >= 15 is 0 Å². The third kappa shape index (κ3) is 4.56. The molecule has 0 aliphatic heterocycles. The van der Waals surface area contributed by atoms with Crippen LogP contribution in [0.25, 0.3) is 0 Å². The Kier molecular flexibility index (Phi) is 7.46. The molecule has 0 radical (unpaired) electrons. The molecule has 0 saturated heterocycles. The fourth-order valence-corrected chi connectivity index (χ4v) is 2.99. The second-order valence-corrected chi connectivity index (χ2v) is 6.76. The zero-order chi connectivity index (χ0) is 22.4. The van der Waals surface area contributed by atoms with E-state index in [1.807, 2.05) is 13.8 Å². The smallest absolute Gasteiger partial charge is 0.322 e. The molecule has 0 aliphatic rings. The van der Waals surface area contributed by atoms with Crippen LogP contribution in [-0.2, 0) is 0 Å². The van der Waals surface area contributed by atoms with E-state index < -0.39 is 27.0 Å². The van der Waals surface area contributed by atoms with Gasteiger partial charge in [0.1, 0.15) is 11.1 Å². The molecule has 2 aromatic rings. The fourth-order valence-electron chi connectivity index (χ4n) is 2.99. The van der Waals surface area contributed by atoms with E-state index in [1.54, 1.807) is 13.8 Å². The Hall–Kier alpha value is -3.49. The third-order valence-electron chi connectivity index (χ3n) is 4.41. The molecule has 0 heterocycles. The molecule has 0 amide bonds. The molecule has 0 saturated carbocycles. The van der Waals surface area contributed by atoms with Gasteiger partial charge >= 0.3 is 11.4 Å². The SMILES string of the molecule is CCCOc1c(C)ccc(C(=O)c2ccc(C)c(OCCC)c2[N+](=O)[O-])c1[N+](=O)[O-]. The Morgan fingerprint density at radius 1 is 0.800 bits per heavy atom. The Balaban J connectivity index is 2.72. The number of nitrogens with zero attached hydrogens (tertiary/aromatic N) is 2. The van der Waals surface area contributed by atoms with Crippen molar-refractivity contribution < 1.29 is 24.1 Å². The van der Waals surface area contributed by atoms with E-state index in [1.165, 1.54) is 24.3 Å². The molecule has 9 heteroatoms. The van der Waals surface area contributed by atoms with Crippen LogP contribution < -0.4 is 9.47 Å². The highest BCUT2D eigenvalue weighted by Crippen LogP contribution is 2.40. The maximum absolute atomic E-state index is 13.3. The van der Waals surface area contributed by atoms with Crippen LogP contribution in [0.5, 0.6) is 11.5 Å². The van der Waals surface area contributed by atoms with Crippen molar-refractivity contribution in [1.29, 1.82) is 0 Å². The van der Waals surface area contributed by atoms with Crippen molar-refractivity contribution in [1.82, 2.24) is 0 Å². The number of hydrogen-bond donors (Lipinski definition) is 0. The van der Waals surface area contributed by atoms with Crippen LogP contribution in [0.4, 0.5) is 11.4 Å². The standard InChI is InChI=1S/C21H24N2O7/c1-5-11-29-20-13(3)7-9-15(17(20)22(25)26)19(24)16-10-8-14(4)21(30-12-6-2)18(16)23(27)28/h7-10H,5-6,11-12H2,1-4H3. The molecule has 0 fully saturated rings. The molecule has 30 heavy (non-hydrogen) atoms. The number of aryl methyl sites for hydroxylation is 2. The van der Waals surface area contributed by atoms with Crippen LogP contribution in [0, 0.1) is 34.1 Å². The van der Waals surface area contributed by atoms with Gasteiger partial charge in [-0.25, -0.2) is 0 Å². The number of carbonyl (C=O) groups is 1. The minimum absolute atomic E-state index is 0.00933. The van der Waals surface area contributed by atoms with Crippen molar-refractivity contribution in [3.05, 3.63) is 66.7 Å². The zero-order valence-electron chi connectivity index (χ0n) is 17.4. The Bertz CT molecular complexity index is 908. The second kappa shape index (κ2) is 9.82. The van der Waals surface area contributed by atoms with Crippen LogP contribution in [0.1, 0.15) is 53.7 Å². The topological polar surface area (TPSA) is 122 Å². The lowest BCUT2D eigenvalue weighted by Crippen LogP contribution is -2.12. The Morgan fingerprint density at radius 3 is 1.47 bits per heavy atom. The van der Waals surface area contributed by atoms with Gasteiger partial charge < -0.3 is 9.47 Å². The monoisotopic (exact) mass is 416 g/mol. The summed E-state index contributed by atoms with van der Waals surface area (Å²) in [5.74, 6) is -0.856. The number of hydrogen-bond acceptors (Lipinski definition) is 7. The molecule has 0 bridgehead atoms. The van der Waals surface area contributed by atoms with Crippen LogP contribution in [0.15, 0.2) is 24.3 Å². The summed E-state index contributed by atoms with van der Waals surface area (Å²) in [6, 6.07) is 5.65. The van der Waals surface area contributed by atoms with Gasteiger partial charge in [0.2, 0.25) is 17.3 Å². The molecule has 2 aromatic carbocycles. The van der Waals surface area contributed by atoms with Crippen LogP contribution in [0.2, 0.25) is 0 Å². The third-order valence-corrected chi connectivity index (χ3v) is 4.41. The number of carbonyl (C=O) groups excluding carboxylic acids is 1. The van der Waals surface area contributed by atoms with Gasteiger partial charge in [0, 0.05) is 0 Å². The van der Waals surface area contributed by atoms with Gasteiger partial charge in [0.15, 0.2) is 0 Å². The summed E-state index contributed by atoms with van der Waals surface area (Å²) in [6.07, 6.45) is 1.24. The van der Waals surface area contributed by atoms with Crippen molar-refractivity contribution in [3.63, 3.8) is 0 Å². The summed E-state index contributed by atoms with van der Waals surface area (Å²) in [5, 5.41) is 23.6. The summed E-state index contributed by atoms with van der Waals surface area (Å²) in [6.45, 7) is 7.44. The first-order valence-electron chi connectivity index (χ1n) is 9.60. The van der Waals surface area contributed by atoms with Crippen LogP contribution in [-0.4, -0.2) is 28.8 Å². The maximum Gasteiger partial charge on any atom is 0.322 e. The summed E-state index contributed by atoms with van der Waals surface area (Å²) in [4.78, 5) is 35.4. The van der Waals surface area contributed by atoms with E-state index in [2.05, 4.69) is 0 Å². The normalized spacial score (nSPS) is 10.5. The largest absolute Gasteiger partial charge is 0.487 e. The van der Waals surface area contributed by atoms with Crippen molar-refractivity contribution in [2.75, 3.05) is 13.2 Å². The molecule has 0 atom stereocenters. The highest BCUT2D eigenvalue weighted by atomic mass is 16.6. The lowest BCUT2D eigenvalue weighted by Gasteiger charge is -2.13. The average Bonchev–Trinajstić information content (AvgIpc) is 2.70.